The summed E-state index contributed by atoms with van der Waals surface area (Å²) in [6.07, 6.45) is 8.86. The van der Waals surface area contributed by atoms with Crippen LogP contribution < -0.4 is 9.47 Å². The molecular weight excluding hydrogens is 585 g/mol. The number of carbonyl (C=O) groups is 2. The number of unbranched alkanes of at least 4 members (excludes halogenated alkanes) is 6. The molecule has 44 heavy (non-hydrogen) atoms. The van der Waals surface area contributed by atoms with Crippen LogP contribution in [0.4, 0.5) is 0 Å². The Bertz CT molecular complexity index is 1370. The van der Waals surface area contributed by atoms with Gasteiger partial charge in [0.25, 0.3) is 0 Å². The third-order valence-corrected chi connectivity index (χ3v) is 8.10. The molecule has 0 aliphatic carbocycles. The van der Waals surface area contributed by atoms with Crippen LogP contribution in [0.2, 0.25) is 0 Å². The van der Waals surface area contributed by atoms with E-state index in [2.05, 4.69) is 37.5 Å². The normalized spacial score (nSPS) is 10.3. The van der Waals surface area contributed by atoms with E-state index in [0.29, 0.717) is 24.7 Å². The van der Waals surface area contributed by atoms with E-state index >= 15 is 0 Å². The first-order valence-corrected chi connectivity index (χ1v) is 17.1. The highest BCUT2D eigenvalue weighted by molar-refractivity contribution is 8.13. The zero-order valence-electron chi connectivity index (χ0n) is 26.3. The fraction of sp³-hybridized carbons (Fsp3) is 0.368. The highest BCUT2D eigenvalue weighted by Gasteiger charge is 2.11. The summed E-state index contributed by atoms with van der Waals surface area (Å²) in [5.41, 5.74) is 3.21. The Kier molecular flexibility index (Phi) is 15.6. The molecule has 0 radical (unpaired) electrons. The molecular formula is C38H42O4S2. The average Bonchev–Trinajstić information content (AvgIpc) is 3.00. The number of ether oxygens (including phenoxy) is 2. The molecule has 3 rings (SSSR count). The van der Waals surface area contributed by atoms with Crippen LogP contribution in [-0.4, -0.2) is 23.4 Å². The van der Waals surface area contributed by atoms with Gasteiger partial charge in [-0.2, -0.15) is 0 Å². The highest BCUT2D eigenvalue weighted by atomic mass is 32.2. The molecule has 0 N–H and O–H groups in total. The van der Waals surface area contributed by atoms with Gasteiger partial charge in [-0.1, -0.05) is 99.6 Å². The lowest BCUT2D eigenvalue weighted by Gasteiger charge is -2.14. The molecule has 0 spiro atoms. The second-order valence-electron chi connectivity index (χ2n) is 10.4. The molecule has 4 nitrogen and oxygen atoms in total. The molecule has 0 aliphatic rings. The summed E-state index contributed by atoms with van der Waals surface area (Å²) in [6, 6.07) is 19.3. The van der Waals surface area contributed by atoms with E-state index < -0.39 is 0 Å². The maximum atomic E-state index is 11.4. The predicted octanol–water partition coefficient (Wildman–Crippen LogP) is 9.68. The van der Waals surface area contributed by atoms with Crippen LogP contribution in [0.5, 0.6) is 11.5 Å². The first-order valence-electron chi connectivity index (χ1n) is 15.4. The molecule has 0 heterocycles. The molecule has 0 unspecified atom stereocenters. The number of rotatable bonds is 14. The van der Waals surface area contributed by atoms with Gasteiger partial charge in [0, 0.05) is 46.9 Å². The molecule has 230 valence electrons. The van der Waals surface area contributed by atoms with Crippen LogP contribution in [0.25, 0.3) is 0 Å². The average molecular weight is 627 g/mol. The zero-order chi connectivity index (χ0) is 31.6. The van der Waals surface area contributed by atoms with Crippen LogP contribution in [0.15, 0.2) is 70.5 Å². The van der Waals surface area contributed by atoms with Crippen molar-refractivity contribution >= 4 is 33.8 Å². The Hall–Kier alpha value is -3.58. The van der Waals surface area contributed by atoms with Gasteiger partial charge in [0.15, 0.2) is 10.2 Å². The minimum Gasteiger partial charge on any atom is -0.492 e. The zero-order valence-corrected chi connectivity index (χ0v) is 27.9. The van der Waals surface area contributed by atoms with Gasteiger partial charge < -0.3 is 9.47 Å². The topological polar surface area (TPSA) is 52.6 Å². The molecule has 6 heteroatoms. The summed E-state index contributed by atoms with van der Waals surface area (Å²) in [4.78, 5) is 24.7. The van der Waals surface area contributed by atoms with E-state index in [0.717, 1.165) is 57.7 Å². The van der Waals surface area contributed by atoms with Crippen molar-refractivity contribution in [3.63, 3.8) is 0 Å². The van der Waals surface area contributed by atoms with Crippen molar-refractivity contribution in [3.05, 3.63) is 82.9 Å². The van der Waals surface area contributed by atoms with Gasteiger partial charge in [0.1, 0.15) is 11.5 Å². The SMILES string of the molecule is CCCCCCOc1cc(C#Cc2ccc(SC(C)=O)cc2)c(OCCCCCC)cc1C#Cc1ccc(SC(C)=O)cc1. The van der Waals surface area contributed by atoms with Gasteiger partial charge in [0.05, 0.1) is 24.3 Å². The van der Waals surface area contributed by atoms with Crippen molar-refractivity contribution in [1.82, 2.24) is 0 Å². The monoisotopic (exact) mass is 626 g/mol. The maximum absolute atomic E-state index is 11.4. The molecule has 0 saturated heterocycles. The van der Waals surface area contributed by atoms with Crippen molar-refractivity contribution in [2.45, 2.75) is 88.9 Å². The van der Waals surface area contributed by atoms with Gasteiger partial charge >= 0.3 is 0 Å². The fourth-order valence-corrected chi connectivity index (χ4v) is 5.45. The van der Waals surface area contributed by atoms with Crippen molar-refractivity contribution in [2.75, 3.05) is 13.2 Å². The van der Waals surface area contributed by atoms with E-state index in [1.165, 1.54) is 49.2 Å². The summed E-state index contributed by atoms with van der Waals surface area (Å²) >= 11 is 2.42. The Labute approximate surface area is 272 Å². The van der Waals surface area contributed by atoms with E-state index in [1.807, 2.05) is 60.7 Å². The van der Waals surface area contributed by atoms with Crippen molar-refractivity contribution < 1.29 is 19.1 Å². The predicted molar refractivity (Wildman–Crippen MR) is 184 cm³/mol. The summed E-state index contributed by atoms with van der Waals surface area (Å²) in [5.74, 6) is 14.5. The number of benzene rings is 3. The van der Waals surface area contributed by atoms with Crippen molar-refractivity contribution in [2.24, 2.45) is 0 Å². The molecule has 0 saturated carbocycles. The minimum atomic E-state index is 0.0546. The molecule has 0 fully saturated rings. The number of carbonyl (C=O) groups excluding carboxylic acids is 2. The highest BCUT2D eigenvalue weighted by Crippen LogP contribution is 2.30. The largest absolute Gasteiger partial charge is 0.492 e. The Balaban J connectivity index is 1.96. The maximum Gasteiger partial charge on any atom is 0.190 e. The van der Waals surface area contributed by atoms with Crippen LogP contribution in [0, 0.1) is 23.7 Å². The van der Waals surface area contributed by atoms with Crippen LogP contribution >= 0.6 is 23.5 Å². The Morgan fingerprint density at radius 3 is 1.30 bits per heavy atom. The van der Waals surface area contributed by atoms with Crippen LogP contribution in [0.1, 0.15) is 101 Å². The summed E-state index contributed by atoms with van der Waals surface area (Å²) in [7, 11) is 0. The van der Waals surface area contributed by atoms with Crippen LogP contribution in [0.3, 0.4) is 0 Å². The third-order valence-electron chi connectivity index (χ3n) is 6.51. The van der Waals surface area contributed by atoms with Gasteiger partial charge in [-0.25, -0.2) is 0 Å². The number of hydrogen-bond donors (Lipinski definition) is 0. The Morgan fingerprint density at radius 1 is 0.568 bits per heavy atom. The van der Waals surface area contributed by atoms with Gasteiger partial charge in [0.2, 0.25) is 0 Å². The summed E-state index contributed by atoms with van der Waals surface area (Å²) < 4.78 is 12.6. The molecule has 0 aromatic heterocycles. The van der Waals surface area contributed by atoms with Gasteiger partial charge in [-0.05, 0) is 61.4 Å². The molecule has 3 aromatic rings. The number of hydrogen-bond acceptors (Lipinski definition) is 6. The first kappa shape index (κ1) is 34.9. The van der Waals surface area contributed by atoms with E-state index in [9.17, 15) is 9.59 Å². The van der Waals surface area contributed by atoms with E-state index in [4.69, 9.17) is 9.47 Å². The standard InChI is InChI=1S/C38H42O4S2/c1-5-7-9-11-25-41-37-27-34(20-14-32-17-23-36(24-18-32)44-30(4)40)38(42-26-12-10-8-6-2)28-33(37)19-13-31-15-21-35(22-16-31)43-29(3)39/h15-18,21-24,27-28H,5-12,25-26H2,1-4H3. The summed E-state index contributed by atoms with van der Waals surface area (Å²) in [6.45, 7) is 8.72. The second kappa shape index (κ2) is 19.6. The number of thioether (sulfide) groups is 2. The molecule has 0 bridgehead atoms. The molecule has 0 aliphatic heterocycles. The Morgan fingerprint density at radius 2 is 0.955 bits per heavy atom. The molecule has 0 atom stereocenters. The lowest BCUT2D eigenvalue weighted by atomic mass is 10.1. The smallest absolute Gasteiger partial charge is 0.190 e. The van der Waals surface area contributed by atoms with Gasteiger partial charge in [-0.15, -0.1) is 0 Å². The van der Waals surface area contributed by atoms with E-state index in [1.54, 1.807) is 13.8 Å². The molecule has 3 aromatic carbocycles. The lowest BCUT2D eigenvalue weighted by molar-refractivity contribution is -0.109. The third kappa shape index (κ3) is 13.0. The quantitative estimate of drug-likeness (QED) is 0.101. The fourth-order valence-electron chi connectivity index (χ4n) is 4.24. The summed E-state index contributed by atoms with van der Waals surface area (Å²) in [5, 5.41) is 0.109. The lowest BCUT2D eigenvalue weighted by Crippen LogP contribution is -2.03. The minimum absolute atomic E-state index is 0.0546. The van der Waals surface area contributed by atoms with E-state index in [-0.39, 0.29) is 10.2 Å². The second-order valence-corrected chi connectivity index (χ2v) is 12.9. The van der Waals surface area contributed by atoms with Crippen LogP contribution in [-0.2, 0) is 9.59 Å². The first-order chi connectivity index (χ1) is 21.4. The molecule has 0 amide bonds. The van der Waals surface area contributed by atoms with Crippen molar-refractivity contribution in [3.8, 4) is 35.2 Å². The van der Waals surface area contributed by atoms with Gasteiger partial charge in [-0.3, -0.25) is 9.59 Å². The van der Waals surface area contributed by atoms with Crippen molar-refractivity contribution in [1.29, 1.82) is 0 Å².